The third-order valence-electron chi connectivity index (χ3n) is 4.48. The molecule has 1 aromatic carbocycles. The van der Waals surface area contributed by atoms with Gasteiger partial charge in [-0.3, -0.25) is 4.79 Å². The normalized spacial score (nSPS) is 17.5. The van der Waals surface area contributed by atoms with Crippen LogP contribution in [0.25, 0.3) is 5.69 Å². The molecule has 0 spiro atoms. The summed E-state index contributed by atoms with van der Waals surface area (Å²) in [7, 11) is 0. The van der Waals surface area contributed by atoms with Crippen molar-refractivity contribution in [2.75, 3.05) is 6.54 Å². The van der Waals surface area contributed by atoms with Gasteiger partial charge in [0.25, 0.3) is 5.91 Å². The number of tetrazole rings is 1. The van der Waals surface area contributed by atoms with E-state index in [-0.39, 0.29) is 11.9 Å². The van der Waals surface area contributed by atoms with Crippen LogP contribution in [0.15, 0.2) is 45.3 Å². The maximum absolute atomic E-state index is 12.9. The average molecular weight is 416 g/mol. The van der Waals surface area contributed by atoms with Crippen molar-refractivity contribution in [1.82, 2.24) is 25.1 Å². The highest BCUT2D eigenvalue weighted by molar-refractivity contribution is 9.10. The summed E-state index contributed by atoms with van der Waals surface area (Å²) >= 11 is 3.45. The van der Waals surface area contributed by atoms with E-state index in [0.717, 1.165) is 35.2 Å². The summed E-state index contributed by atoms with van der Waals surface area (Å²) in [5.74, 6) is 1.51. The van der Waals surface area contributed by atoms with E-state index in [1.165, 1.54) is 4.80 Å². The largest absolute Gasteiger partial charge is 0.456 e. The maximum atomic E-state index is 12.9. The van der Waals surface area contributed by atoms with E-state index in [1.54, 1.807) is 17.0 Å². The summed E-state index contributed by atoms with van der Waals surface area (Å²) < 4.78 is 6.45. The summed E-state index contributed by atoms with van der Waals surface area (Å²) in [5.41, 5.74) is 0.813. The number of carbonyl (C=O) groups is 1. The van der Waals surface area contributed by atoms with Crippen LogP contribution in [0, 0.1) is 6.92 Å². The molecule has 4 rings (SSSR count). The van der Waals surface area contributed by atoms with Crippen LogP contribution in [0.4, 0.5) is 0 Å². The molecule has 26 heavy (non-hydrogen) atoms. The minimum absolute atomic E-state index is 0.124. The fourth-order valence-electron chi connectivity index (χ4n) is 3.20. The van der Waals surface area contributed by atoms with Crippen molar-refractivity contribution in [2.24, 2.45) is 0 Å². The van der Waals surface area contributed by atoms with Crippen LogP contribution >= 0.6 is 15.9 Å². The standard InChI is InChI=1S/C18H18BrN5O2/c1-12-8-9-16(26-12)18(25)23-10-3-2-7-15(23)17-20-22-24(21-17)14-6-4-5-13(19)11-14/h4-6,8-9,11,15H,2-3,7,10H2,1H3. The SMILES string of the molecule is Cc1ccc(C(=O)N2CCCCC2c2nnn(-c3cccc(Br)c3)n2)o1. The van der Waals surface area contributed by atoms with Crippen molar-refractivity contribution in [3.05, 3.63) is 58.2 Å². The second kappa shape index (κ2) is 7.03. The fraction of sp³-hybridized carbons (Fsp3) is 0.333. The molecule has 1 fully saturated rings. The van der Waals surface area contributed by atoms with Gasteiger partial charge >= 0.3 is 0 Å². The Balaban J connectivity index is 1.62. The Morgan fingerprint density at radius 2 is 2.15 bits per heavy atom. The molecule has 1 amide bonds. The average Bonchev–Trinajstić information content (AvgIpc) is 3.30. The second-order valence-corrected chi connectivity index (χ2v) is 7.25. The first kappa shape index (κ1) is 17.0. The van der Waals surface area contributed by atoms with Crippen LogP contribution in [-0.4, -0.2) is 37.6 Å². The molecule has 1 aliphatic rings. The highest BCUT2D eigenvalue weighted by atomic mass is 79.9. The molecule has 0 saturated carbocycles. The Kier molecular flexibility index (Phi) is 4.58. The van der Waals surface area contributed by atoms with E-state index in [0.29, 0.717) is 18.1 Å². The van der Waals surface area contributed by atoms with Gasteiger partial charge in [-0.05, 0) is 61.7 Å². The zero-order chi connectivity index (χ0) is 18.1. The number of benzene rings is 1. The summed E-state index contributed by atoms with van der Waals surface area (Å²) in [5, 5.41) is 12.9. The summed E-state index contributed by atoms with van der Waals surface area (Å²) in [4.78, 5) is 16.2. The lowest BCUT2D eigenvalue weighted by molar-refractivity contribution is 0.0566. The molecule has 1 atom stereocenters. The summed E-state index contributed by atoms with van der Waals surface area (Å²) in [6.45, 7) is 2.49. The predicted molar refractivity (Wildman–Crippen MR) is 97.9 cm³/mol. The zero-order valence-corrected chi connectivity index (χ0v) is 15.9. The predicted octanol–water partition coefficient (Wildman–Crippen LogP) is 3.69. The molecule has 1 unspecified atom stereocenters. The molecule has 2 aromatic heterocycles. The number of aromatic nitrogens is 4. The smallest absolute Gasteiger partial charge is 0.290 e. The van der Waals surface area contributed by atoms with E-state index in [1.807, 2.05) is 31.2 Å². The van der Waals surface area contributed by atoms with E-state index in [2.05, 4.69) is 31.3 Å². The third kappa shape index (κ3) is 3.29. The van der Waals surface area contributed by atoms with Gasteiger partial charge in [-0.2, -0.15) is 0 Å². The number of rotatable bonds is 3. The molecule has 3 heterocycles. The van der Waals surface area contributed by atoms with Gasteiger partial charge < -0.3 is 9.32 Å². The maximum Gasteiger partial charge on any atom is 0.290 e. The first-order chi connectivity index (χ1) is 12.6. The van der Waals surface area contributed by atoms with Crippen LogP contribution in [0.1, 0.15) is 47.4 Å². The minimum Gasteiger partial charge on any atom is -0.456 e. The molecule has 0 radical (unpaired) electrons. The Hall–Kier alpha value is -2.48. The van der Waals surface area contributed by atoms with Crippen LogP contribution in [0.2, 0.25) is 0 Å². The van der Waals surface area contributed by atoms with E-state index in [4.69, 9.17) is 4.42 Å². The number of halogens is 1. The van der Waals surface area contributed by atoms with Crippen LogP contribution < -0.4 is 0 Å². The topological polar surface area (TPSA) is 77.1 Å². The quantitative estimate of drug-likeness (QED) is 0.651. The first-order valence-corrected chi connectivity index (χ1v) is 9.34. The molecule has 3 aromatic rings. The molecule has 0 N–H and O–H groups in total. The molecule has 0 aliphatic carbocycles. The lowest BCUT2D eigenvalue weighted by atomic mass is 10.0. The first-order valence-electron chi connectivity index (χ1n) is 8.55. The van der Waals surface area contributed by atoms with Gasteiger partial charge in [-0.15, -0.1) is 15.0 Å². The number of hydrogen-bond donors (Lipinski definition) is 0. The monoisotopic (exact) mass is 415 g/mol. The lowest BCUT2D eigenvalue weighted by Crippen LogP contribution is -2.39. The van der Waals surface area contributed by atoms with Crippen molar-refractivity contribution < 1.29 is 9.21 Å². The van der Waals surface area contributed by atoms with Gasteiger partial charge in [0.05, 0.1) is 11.7 Å². The molecule has 134 valence electrons. The van der Waals surface area contributed by atoms with Crippen molar-refractivity contribution >= 4 is 21.8 Å². The highest BCUT2D eigenvalue weighted by Crippen LogP contribution is 2.30. The molecule has 1 saturated heterocycles. The Morgan fingerprint density at radius 1 is 1.27 bits per heavy atom. The second-order valence-electron chi connectivity index (χ2n) is 6.34. The van der Waals surface area contributed by atoms with Gasteiger partial charge in [-0.1, -0.05) is 22.0 Å². The summed E-state index contributed by atoms with van der Waals surface area (Å²) in [6, 6.07) is 11.0. The van der Waals surface area contributed by atoms with Crippen molar-refractivity contribution in [3.63, 3.8) is 0 Å². The Morgan fingerprint density at radius 3 is 2.92 bits per heavy atom. The minimum atomic E-state index is -0.192. The number of likely N-dealkylation sites (tertiary alicyclic amines) is 1. The molecule has 7 nitrogen and oxygen atoms in total. The third-order valence-corrected chi connectivity index (χ3v) is 4.97. The van der Waals surface area contributed by atoms with Gasteiger partial charge in [0.1, 0.15) is 5.76 Å². The number of piperidine rings is 1. The fourth-order valence-corrected chi connectivity index (χ4v) is 3.59. The number of nitrogens with zero attached hydrogens (tertiary/aromatic N) is 5. The van der Waals surface area contributed by atoms with E-state index in [9.17, 15) is 4.79 Å². The Bertz CT molecular complexity index is 935. The molecule has 8 heteroatoms. The van der Waals surface area contributed by atoms with Gasteiger partial charge in [-0.25, -0.2) is 0 Å². The number of carbonyl (C=O) groups excluding carboxylic acids is 1. The molecular weight excluding hydrogens is 398 g/mol. The highest BCUT2D eigenvalue weighted by Gasteiger charge is 2.33. The molecule has 0 bridgehead atoms. The van der Waals surface area contributed by atoms with Crippen LogP contribution in [0.3, 0.4) is 0 Å². The van der Waals surface area contributed by atoms with Crippen molar-refractivity contribution in [2.45, 2.75) is 32.2 Å². The van der Waals surface area contributed by atoms with Crippen LogP contribution in [0.5, 0.6) is 0 Å². The number of amides is 1. The summed E-state index contributed by atoms with van der Waals surface area (Å²) in [6.07, 6.45) is 2.80. The van der Waals surface area contributed by atoms with Gasteiger partial charge in [0.15, 0.2) is 11.6 Å². The Labute approximate surface area is 159 Å². The van der Waals surface area contributed by atoms with Crippen LogP contribution in [-0.2, 0) is 0 Å². The van der Waals surface area contributed by atoms with Crippen molar-refractivity contribution in [1.29, 1.82) is 0 Å². The lowest BCUT2D eigenvalue weighted by Gasteiger charge is -2.33. The van der Waals surface area contributed by atoms with E-state index >= 15 is 0 Å². The molecular formula is C18H18BrN5O2. The van der Waals surface area contributed by atoms with Gasteiger partial charge in [0.2, 0.25) is 0 Å². The van der Waals surface area contributed by atoms with E-state index < -0.39 is 0 Å². The number of hydrogen-bond acceptors (Lipinski definition) is 5. The zero-order valence-electron chi connectivity index (χ0n) is 14.3. The van der Waals surface area contributed by atoms with Gasteiger partial charge in [0, 0.05) is 11.0 Å². The van der Waals surface area contributed by atoms with Crippen molar-refractivity contribution in [3.8, 4) is 5.69 Å². The molecule has 1 aliphatic heterocycles. The number of furan rings is 1. The number of aryl methyl sites for hydroxylation is 1.